The number of hydrogen-bond acceptors (Lipinski definition) is 4. The van der Waals surface area contributed by atoms with E-state index in [1.807, 2.05) is 0 Å². The third kappa shape index (κ3) is 3.68. The van der Waals surface area contributed by atoms with Crippen LogP contribution in [-0.4, -0.2) is 39.5 Å². The largest absolute Gasteiger partial charge is 0.399 e. The highest BCUT2D eigenvalue weighted by molar-refractivity contribution is 7.89. The maximum absolute atomic E-state index is 13.7. The van der Waals surface area contributed by atoms with Gasteiger partial charge in [-0.05, 0) is 37.0 Å². The number of rotatable bonds is 7. The quantitative estimate of drug-likeness (QED) is 0.611. The van der Waals surface area contributed by atoms with Gasteiger partial charge in [-0.2, -0.15) is 4.31 Å². The zero-order chi connectivity index (χ0) is 14.8. The van der Waals surface area contributed by atoms with Crippen LogP contribution >= 0.6 is 0 Å². The van der Waals surface area contributed by atoms with E-state index in [1.165, 1.54) is 32.0 Å². The monoisotopic (exact) mass is 302 g/mol. The number of nitrogens with zero attached hydrogens (tertiary/aromatic N) is 1. The summed E-state index contributed by atoms with van der Waals surface area (Å²) in [7, 11) is -2.44. The van der Waals surface area contributed by atoms with Crippen molar-refractivity contribution in [2.45, 2.75) is 17.7 Å². The predicted octanol–water partition coefficient (Wildman–Crippen LogP) is 1.45. The lowest BCUT2D eigenvalue weighted by Crippen LogP contribution is -2.31. The molecular formula is C13H19FN2O3S. The maximum atomic E-state index is 13.7. The molecule has 20 heavy (non-hydrogen) atoms. The summed E-state index contributed by atoms with van der Waals surface area (Å²) in [5.41, 5.74) is 5.60. The van der Waals surface area contributed by atoms with Crippen molar-refractivity contribution in [3.8, 4) is 0 Å². The molecule has 0 spiro atoms. The summed E-state index contributed by atoms with van der Waals surface area (Å²) >= 11 is 0. The van der Waals surface area contributed by atoms with Gasteiger partial charge in [0.25, 0.3) is 0 Å². The highest BCUT2D eigenvalue weighted by Gasteiger charge is 2.25. The number of ether oxygens (including phenoxy) is 1. The van der Waals surface area contributed by atoms with E-state index in [0.717, 1.165) is 10.4 Å². The van der Waals surface area contributed by atoms with Crippen molar-refractivity contribution < 1.29 is 17.5 Å². The lowest BCUT2D eigenvalue weighted by Gasteiger charge is -2.17. The fraction of sp³-hybridized carbons (Fsp3) is 0.538. The molecule has 2 rings (SSSR count). The summed E-state index contributed by atoms with van der Waals surface area (Å²) in [6, 6.07) is 3.55. The molecule has 5 nitrogen and oxygen atoms in total. The molecule has 2 N–H and O–H groups in total. The Kier molecular flexibility index (Phi) is 4.62. The van der Waals surface area contributed by atoms with E-state index in [9.17, 15) is 12.8 Å². The lowest BCUT2D eigenvalue weighted by molar-refractivity contribution is 0.117. The molecule has 7 heteroatoms. The van der Waals surface area contributed by atoms with Crippen LogP contribution in [-0.2, 0) is 14.8 Å². The molecule has 0 saturated heterocycles. The van der Waals surface area contributed by atoms with Crippen LogP contribution in [0.15, 0.2) is 23.1 Å². The third-order valence-corrected chi connectivity index (χ3v) is 5.14. The van der Waals surface area contributed by atoms with Crippen LogP contribution in [0.3, 0.4) is 0 Å². The number of anilines is 1. The van der Waals surface area contributed by atoms with Gasteiger partial charge >= 0.3 is 0 Å². The van der Waals surface area contributed by atoms with Crippen LogP contribution in [0, 0.1) is 11.7 Å². The van der Waals surface area contributed by atoms with Crippen LogP contribution in [0.4, 0.5) is 10.1 Å². The Morgan fingerprint density at radius 1 is 1.45 bits per heavy atom. The summed E-state index contributed by atoms with van der Waals surface area (Å²) in [6.07, 6.45) is 2.37. The third-order valence-electron chi connectivity index (χ3n) is 3.25. The van der Waals surface area contributed by atoms with E-state index >= 15 is 0 Å². The molecule has 1 fully saturated rings. The molecule has 1 aromatic rings. The number of sulfonamides is 1. The molecule has 0 unspecified atom stereocenters. The van der Waals surface area contributed by atoms with Gasteiger partial charge in [0.15, 0.2) is 0 Å². The second-order valence-corrected chi connectivity index (χ2v) is 7.05. The van der Waals surface area contributed by atoms with Gasteiger partial charge in [-0.15, -0.1) is 0 Å². The first-order valence-corrected chi connectivity index (χ1v) is 7.94. The van der Waals surface area contributed by atoms with Crippen LogP contribution in [0.5, 0.6) is 0 Å². The van der Waals surface area contributed by atoms with E-state index in [1.54, 1.807) is 0 Å². The molecule has 0 bridgehead atoms. The standard InChI is InChI=1S/C13H19FN2O3S/c1-16(6-7-19-9-10-2-3-10)20(17,18)13-5-4-11(15)8-12(13)14/h4-5,8,10H,2-3,6-7,9,15H2,1H3. The van der Waals surface area contributed by atoms with Gasteiger partial charge in [0.05, 0.1) is 6.61 Å². The van der Waals surface area contributed by atoms with E-state index in [-0.39, 0.29) is 17.1 Å². The Morgan fingerprint density at radius 3 is 2.75 bits per heavy atom. The Balaban J connectivity index is 1.96. The zero-order valence-corrected chi connectivity index (χ0v) is 12.2. The van der Waals surface area contributed by atoms with Crippen molar-refractivity contribution in [3.63, 3.8) is 0 Å². The fourth-order valence-corrected chi connectivity index (χ4v) is 2.94. The predicted molar refractivity (Wildman–Crippen MR) is 74.2 cm³/mol. The average molecular weight is 302 g/mol. The maximum Gasteiger partial charge on any atom is 0.245 e. The van der Waals surface area contributed by atoms with Crippen LogP contribution < -0.4 is 5.73 Å². The number of nitrogens with two attached hydrogens (primary N) is 1. The highest BCUT2D eigenvalue weighted by Crippen LogP contribution is 2.28. The molecular weight excluding hydrogens is 283 g/mol. The van der Waals surface area contributed by atoms with Crippen molar-refractivity contribution >= 4 is 15.7 Å². The van der Waals surface area contributed by atoms with Crippen molar-refractivity contribution in [3.05, 3.63) is 24.0 Å². The molecule has 0 heterocycles. The highest BCUT2D eigenvalue weighted by atomic mass is 32.2. The summed E-state index contributed by atoms with van der Waals surface area (Å²) < 4.78 is 44.6. The van der Waals surface area contributed by atoms with Crippen LogP contribution in [0.2, 0.25) is 0 Å². The molecule has 0 atom stereocenters. The zero-order valence-electron chi connectivity index (χ0n) is 11.4. The van der Waals surface area contributed by atoms with E-state index in [0.29, 0.717) is 19.1 Å². The second kappa shape index (κ2) is 6.07. The van der Waals surface area contributed by atoms with Crippen LogP contribution in [0.1, 0.15) is 12.8 Å². The molecule has 1 aliphatic rings. The molecule has 0 aromatic heterocycles. The molecule has 1 aliphatic carbocycles. The van der Waals surface area contributed by atoms with Crippen molar-refractivity contribution in [2.24, 2.45) is 5.92 Å². The SMILES string of the molecule is CN(CCOCC1CC1)S(=O)(=O)c1ccc(N)cc1F. The molecule has 0 amide bonds. The first kappa shape index (κ1) is 15.2. The summed E-state index contributed by atoms with van der Waals surface area (Å²) in [5.74, 6) is -0.206. The Labute approximate surface area is 118 Å². The molecule has 0 aliphatic heterocycles. The number of hydrogen-bond donors (Lipinski definition) is 1. The minimum atomic E-state index is -3.85. The Hall–Kier alpha value is -1.18. The number of halogens is 1. The van der Waals surface area contributed by atoms with Gasteiger partial charge in [0, 0.05) is 25.9 Å². The lowest BCUT2D eigenvalue weighted by atomic mass is 10.3. The normalized spacial score (nSPS) is 15.8. The van der Waals surface area contributed by atoms with Gasteiger partial charge in [-0.25, -0.2) is 12.8 Å². The number of likely N-dealkylation sites (N-methyl/N-ethyl adjacent to an activating group) is 1. The summed E-state index contributed by atoms with van der Waals surface area (Å²) in [5, 5.41) is 0. The van der Waals surface area contributed by atoms with Gasteiger partial charge in [0.2, 0.25) is 10.0 Å². The smallest absolute Gasteiger partial charge is 0.245 e. The van der Waals surface area contributed by atoms with E-state index < -0.39 is 15.8 Å². The summed E-state index contributed by atoms with van der Waals surface area (Å²) in [6.45, 7) is 1.17. The molecule has 0 radical (unpaired) electrons. The first-order valence-electron chi connectivity index (χ1n) is 6.50. The van der Waals surface area contributed by atoms with Crippen molar-refractivity contribution in [1.29, 1.82) is 0 Å². The van der Waals surface area contributed by atoms with Crippen molar-refractivity contribution in [2.75, 3.05) is 32.5 Å². The van der Waals surface area contributed by atoms with Gasteiger partial charge < -0.3 is 10.5 Å². The number of nitrogen functional groups attached to an aromatic ring is 1. The Morgan fingerprint density at radius 2 is 2.15 bits per heavy atom. The molecule has 112 valence electrons. The fourth-order valence-electron chi connectivity index (χ4n) is 1.74. The second-order valence-electron chi connectivity index (χ2n) is 5.03. The van der Waals surface area contributed by atoms with Gasteiger partial charge in [-0.3, -0.25) is 0 Å². The summed E-state index contributed by atoms with van der Waals surface area (Å²) in [4.78, 5) is -0.364. The Bertz CT molecular complexity index is 573. The van der Waals surface area contributed by atoms with Gasteiger partial charge in [0.1, 0.15) is 10.7 Å². The molecule has 1 aromatic carbocycles. The van der Waals surface area contributed by atoms with Crippen LogP contribution in [0.25, 0.3) is 0 Å². The first-order chi connectivity index (χ1) is 9.41. The van der Waals surface area contributed by atoms with Crippen molar-refractivity contribution in [1.82, 2.24) is 4.31 Å². The van der Waals surface area contributed by atoms with E-state index in [4.69, 9.17) is 10.5 Å². The van der Waals surface area contributed by atoms with E-state index in [2.05, 4.69) is 0 Å². The average Bonchev–Trinajstić information content (AvgIpc) is 3.17. The minimum Gasteiger partial charge on any atom is -0.399 e. The topological polar surface area (TPSA) is 72.6 Å². The number of benzene rings is 1. The minimum absolute atomic E-state index is 0.192. The molecule has 1 saturated carbocycles. The van der Waals surface area contributed by atoms with Gasteiger partial charge in [-0.1, -0.05) is 0 Å².